The van der Waals surface area contributed by atoms with E-state index >= 15 is 0 Å². The van der Waals surface area contributed by atoms with Crippen molar-refractivity contribution >= 4 is 17.4 Å². The Morgan fingerprint density at radius 3 is 2.61 bits per heavy atom. The van der Waals surface area contributed by atoms with Gasteiger partial charge in [0.25, 0.3) is 5.69 Å². The van der Waals surface area contributed by atoms with E-state index in [9.17, 15) is 14.9 Å². The molecule has 96 valence electrons. The number of carbonyl (C=O) groups is 1. The molecule has 1 saturated heterocycles. The van der Waals surface area contributed by atoms with E-state index in [2.05, 4.69) is 5.32 Å². The first kappa shape index (κ1) is 12.3. The van der Waals surface area contributed by atoms with Gasteiger partial charge < -0.3 is 10.2 Å². The lowest BCUT2D eigenvalue weighted by molar-refractivity contribution is -0.384. The third kappa shape index (κ3) is 2.58. The molecule has 0 bridgehead atoms. The summed E-state index contributed by atoms with van der Waals surface area (Å²) >= 11 is 0. The van der Waals surface area contributed by atoms with E-state index in [1.165, 1.54) is 24.3 Å². The maximum absolute atomic E-state index is 11.9. The number of anilines is 1. The van der Waals surface area contributed by atoms with Crippen LogP contribution in [0.2, 0.25) is 0 Å². The number of nitro groups is 1. The number of carbonyl (C=O) groups excluding carboxylic acids is 1. The molecule has 1 aromatic rings. The van der Waals surface area contributed by atoms with Crippen LogP contribution < -0.4 is 5.32 Å². The molecule has 1 heterocycles. The largest absolute Gasteiger partial charge is 0.322 e. The van der Waals surface area contributed by atoms with Crippen molar-refractivity contribution in [3.63, 3.8) is 0 Å². The van der Waals surface area contributed by atoms with Gasteiger partial charge in [-0.2, -0.15) is 0 Å². The number of non-ortho nitro benzene ring substituents is 1. The molecule has 1 aliphatic rings. The van der Waals surface area contributed by atoms with Crippen molar-refractivity contribution in [3.05, 3.63) is 34.4 Å². The van der Waals surface area contributed by atoms with Crippen LogP contribution in [0, 0.1) is 10.1 Å². The third-order valence-electron chi connectivity index (χ3n) is 3.14. The third-order valence-corrected chi connectivity index (χ3v) is 3.14. The molecule has 0 aromatic heterocycles. The van der Waals surface area contributed by atoms with Crippen LogP contribution in [-0.2, 0) is 0 Å². The predicted octanol–water partition coefficient (Wildman–Crippen LogP) is 2.61. The Kier molecular flexibility index (Phi) is 3.45. The Hall–Kier alpha value is -2.11. The van der Waals surface area contributed by atoms with Crippen LogP contribution in [0.5, 0.6) is 0 Å². The van der Waals surface area contributed by atoms with Crippen molar-refractivity contribution in [3.8, 4) is 0 Å². The summed E-state index contributed by atoms with van der Waals surface area (Å²) in [4.78, 5) is 23.7. The zero-order valence-corrected chi connectivity index (χ0v) is 10.1. The van der Waals surface area contributed by atoms with E-state index < -0.39 is 4.92 Å². The van der Waals surface area contributed by atoms with Gasteiger partial charge >= 0.3 is 6.03 Å². The van der Waals surface area contributed by atoms with Crippen LogP contribution in [0.4, 0.5) is 16.2 Å². The predicted molar refractivity (Wildman–Crippen MR) is 67.5 cm³/mol. The monoisotopic (exact) mass is 249 g/mol. The van der Waals surface area contributed by atoms with Gasteiger partial charge in [0.05, 0.1) is 4.92 Å². The zero-order valence-electron chi connectivity index (χ0n) is 10.1. The minimum absolute atomic E-state index is 0.0162. The molecule has 0 saturated carbocycles. The molecule has 1 aliphatic heterocycles. The summed E-state index contributed by atoms with van der Waals surface area (Å²) in [6, 6.07) is 5.94. The SMILES string of the molecule is C[C@@H]1CCCN1C(=O)Nc1ccc([N+](=O)[O-])cc1. The summed E-state index contributed by atoms with van der Waals surface area (Å²) in [5.74, 6) is 0. The number of hydrogen-bond donors (Lipinski definition) is 1. The molecule has 0 aliphatic carbocycles. The summed E-state index contributed by atoms with van der Waals surface area (Å²) in [6.07, 6.45) is 2.04. The van der Waals surface area contributed by atoms with E-state index in [1.54, 1.807) is 4.90 Å². The normalized spacial score (nSPS) is 18.7. The van der Waals surface area contributed by atoms with Gasteiger partial charge in [0, 0.05) is 30.4 Å². The molecule has 1 fully saturated rings. The van der Waals surface area contributed by atoms with Gasteiger partial charge in [0.15, 0.2) is 0 Å². The molecular formula is C12H15N3O3. The van der Waals surface area contributed by atoms with E-state index in [1.807, 2.05) is 6.92 Å². The minimum atomic E-state index is -0.464. The van der Waals surface area contributed by atoms with Crippen LogP contribution in [0.15, 0.2) is 24.3 Å². The van der Waals surface area contributed by atoms with Crippen molar-refractivity contribution in [2.75, 3.05) is 11.9 Å². The average molecular weight is 249 g/mol. The first-order valence-electron chi connectivity index (χ1n) is 5.90. The number of nitro benzene ring substituents is 1. The maximum atomic E-state index is 11.9. The van der Waals surface area contributed by atoms with E-state index in [0.717, 1.165) is 19.4 Å². The van der Waals surface area contributed by atoms with Gasteiger partial charge in [-0.05, 0) is 31.9 Å². The van der Waals surface area contributed by atoms with Crippen LogP contribution >= 0.6 is 0 Å². The summed E-state index contributed by atoms with van der Waals surface area (Å²) in [5, 5.41) is 13.2. The second kappa shape index (κ2) is 5.03. The first-order valence-corrected chi connectivity index (χ1v) is 5.90. The summed E-state index contributed by atoms with van der Waals surface area (Å²) < 4.78 is 0. The van der Waals surface area contributed by atoms with Crippen LogP contribution in [0.25, 0.3) is 0 Å². The van der Waals surface area contributed by atoms with E-state index in [4.69, 9.17) is 0 Å². The fourth-order valence-electron chi connectivity index (χ4n) is 2.10. The number of amides is 2. The smallest absolute Gasteiger partial charge is 0.322 e. The molecular weight excluding hydrogens is 234 g/mol. The maximum Gasteiger partial charge on any atom is 0.322 e. The molecule has 18 heavy (non-hydrogen) atoms. The zero-order chi connectivity index (χ0) is 13.1. The van der Waals surface area contributed by atoms with Gasteiger partial charge in [-0.1, -0.05) is 0 Å². The summed E-state index contributed by atoms with van der Waals surface area (Å²) in [5.41, 5.74) is 0.590. The fraction of sp³-hybridized carbons (Fsp3) is 0.417. The Bertz CT molecular complexity index is 458. The second-order valence-electron chi connectivity index (χ2n) is 4.42. The van der Waals surface area contributed by atoms with Crippen molar-refractivity contribution in [2.24, 2.45) is 0 Å². The number of urea groups is 1. The minimum Gasteiger partial charge on any atom is -0.322 e. The number of likely N-dealkylation sites (tertiary alicyclic amines) is 1. The Morgan fingerprint density at radius 2 is 2.11 bits per heavy atom. The van der Waals surface area contributed by atoms with Crippen molar-refractivity contribution in [1.29, 1.82) is 0 Å². The highest BCUT2D eigenvalue weighted by Gasteiger charge is 2.24. The molecule has 6 nitrogen and oxygen atoms in total. The molecule has 6 heteroatoms. The van der Waals surface area contributed by atoms with E-state index in [-0.39, 0.29) is 17.8 Å². The number of nitrogens with one attached hydrogen (secondary N) is 1. The van der Waals surface area contributed by atoms with Crippen molar-refractivity contribution in [2.45, 2.75) is 25.8 Å². The molecule has 1 N–H and O–H groups in total. The molecule has 1 atom stereocenters. The van der Waals surface area contributed by atoms with Crippen molar-refractivity contribution < 1.29 is 9.72 Å². The lowest BCUT2D eigenvalue weighted by Crippen LogP contribution is -2.37. The second-order valence-corrected chi connectivity index (χ2v) is 4.42. The summed E-state index contributed by atoms with van der Waals surface area (Å²) in [6.45, 7) is 2.78. The van der Waals surface area contributed by atoms with Gasteiger partial charge in [0.2, 0.25) is 0 Å². The van der Waals surface area contributed by atoms with Gasteiger partial charge in [0.1, 0.15) is 0 Å². The van der Waals surface area contributed by atoms with Crippen LogP contribution in [-0.4, -0.2) is 28.4 Å². The standard InChI is InChI=1S/C12H15N3O3/c1-9-3-2-8-14(9)12(16)13-10-4-6-11(7-5-10)15(17)18/h4-7,9H,2-3,8H2,1H3,(H,13,16)/t9-/m1/s1. The average Bonchev–Trinajstić information content (AvgIpc) is 2.76. The molecule has 0 unspecified atom stereocenters. The lowest BCUT2D eigenvalue weighted by Gasteiger charge is -2.21. The molecule has 0 radical (unpaired) electrons. The molecule has 1 aromatic carbocycles. The number of benzene rings is 1. The Labute approximate surface area is 105 Å². The highest BCUT2D eigenvalue weighted by molar-refractivity contribution is 5.89. The molecule has 2 rings (SSSR count). The topological polar surface area (TPSA) is 75.5 Å². The first-order chi connectivity index (χ1) is 8.58. The quantitative estimate of drug-likeness (QED) is 0.646. The molecule has 2 amide bonds. The Balaban J connectivity index is 2.00. The van der Waals surface area contributed by atoms with Crippen LogP contribution in [0.3, 0.4) is 0 Å². The Morgan fingerprint density at radius 1 is 1.44 bits per heavy atom. The number of hydrogen-bond acceptors (Lipinski definition) is 3. The van der Waals surface area contributed by atoms with Gasteiger partial charge in [-0.25, -0.2) is 4.79 Å². The van der Waals surface area contributed by atoms with Gasteiger partial charge in [-0.15, -0.1) is 0 Å². The van der Waals surface area contributed by atoms with Crippen molar-refractivity contribution in [1.82, 2.24) is 4.90 Å². The van der Waals surface area contributed by atoms with Crippen LogP contribution in [0.1, 0.15) is 19.8 Å². The molecule has 0 spiro atoms. The van der Waals surface area contributed by atoms with E-state index in [0.29, 0.717) is 5.69 Å². The fourth-order valence-corrected chi connectivity index (χ4v) is 2.10. The summed E-state index contributed by atoms with van der Waals surface area (Å²) in [7, 11) is 0. The number of rotatable bonds is 2. The lowest BCUT2D eigenvalue weighted by atomic mass is 10.2. The van der Waals surface area contributed by atoms with Gasteiger partial charge in [-0.3, -0.25) is 10.1 Å². The number of nitrogens with zero attached hydrogens (tertiary/aromatic N) is 2. The highest BCUT2D eigenvalue weighted by atomic mass is 16.6. The highest BCUT2D eigenvalue weighted by Crippen LogP contribution is 2.19.